The molecule has 0 aromatic heterocycles. The molecular formula is C16H22F2N2O. The maximum Gasteiger partial charge on any atom is 0.179 e. The van der Waals surface area contributed by atoms with Crippen molar-refractivity contribution in [2.24, 2.45) is 0 Å². The number of rotatable bonds is 5. The number of benzene rings is 1. The molecule has 116 valence electrons. The Balaban J connectivity index is 1.98. The van der Waals surface area contributed by atoms with Crippen molar-refractivity contribution < 1.29 is 13.6 Å². The van der Waals surface area contributed by atoms with E-state index in [0.29, 0.717) is 0 Å². The number of piperazine rings is 1. The van der Waals surface area contributed by atoms with Crippen LogP contribution in [0.25, 0.3) is 0 Å². The summed E-state index contributed by atoms with van der Waals surface area (Å²) in [4.78, 5) is 16.9. The minimum Gasteiger partial charge on any atom is -0.301 e. The zero-order valence-corrected chi connectivity index (χ0v) is 12.6. The highest BCUT2D eigenvalue weighted by atomic mass is 19.2. The van der Waals surface area contributed by atoms with Crippen LogP contribution in [0.1, 0.15) is 30.6 Å². The second-order valence-corrected chi connectivity index (χ2v) is 5.55. The van der Waals surface area contributed by atoms with Gasteiger partial charge in [0.1, 0.15) is 0 Å². The van der Waals surface area contributed by atoms with E-state index >= 15 is 0 Å². The molecule has 0 radical (unpaired) electrons. The van der Waals surface area contributed by atoms with Gasteiger partial charge < -0.3 is 4.90 Å². The van der Waals surface area contributed by atoms with E-state index in [0.717, 1.165) is 51.3 Å². The van der Waals surface area contributed by atoms with E-state index in [1.165, 1.54) is 6.07 Å². The summed E-state index contributed by atoms with van der Waals surface area (Å²) in [7, 11) is 0. The number of carbonyl (C=O) groups excluding carboxylic acids is 1. The Labute approximate surface area is 124 Å². The van der Waals surface area contributed by atoms with Crippen LogP contribution in [0.15, 0.2) is 18.2 Å². The Bertz CT molecular complexity index is 499. The Morgan fingerprint density at radius 1 is 1.19 bits per heavy atom. The fraction of sp³-hybridized carbons (Fsp3) is 0.562. The predicted octanol–water partition coefficient (Wildman–Crippen LogP) is 2.56. The molecule has 1 unspecified atom stereocenters. The molecule has 3 nitrogen and oxygen atoms in total. The summed E-state index contributed by atoms with van der Waals surface area (Å²) in [5, 5.41) is 0. The second kappa shape index (κ2) is 7.09. The molecule has 1 heterocycles. The molecule has 21 heavy (non-hydrogen) atoms. The lowest BCUT2D eigenvalue weighted by molar-refractivity contribution is 0.0700. The van der Waals surface area contributed by atoms with Crippen molar-refractivity contribution in [2.45, 2.75) is 26.3 Å². The molecule has 5 heteroatoms. The molecule has 1 aromatic rings. The third kappa shape index (κ3) is 3.86. The van der Waals surface area contributed by atoms with Crippen LogP contribution >= 0.6 is 0 Å². The van der Waals surface area contributed by atoms with Crippen LogP contribution in [0, 0.1) is 11.6 Å². The highest BCUT2D eigenvalue weighted by Crippen LogP contribution is 2.15. The Morgan fingerprint density at radius 2 is 1.86 bits per heavy atom. The normalized spacial score (nSPS) is 18.7. The van der Waals surface area contributed by atoms with E-state index in [1.807, 2.05) is 6.92 Å². The van der Waals surface area contributed by atoms with Gasteiger partial charge in [0.2, 0.25) is 0 Å². The monoisotopic (exact) mass is 296 g/mol. The average Bonchev–Trinajstić information content (AvgIpc) is 2.50. The van der Waals surface area contributed by atoms with E-state index in [2.05, 4.69) is 16.7 Å². The first kappa shape index (κ1) is 16.0. The number of nitrogens with zero attached hydrogens (tertiary/aromatic N) is 2. The van der Waals surface area contributed by atoms with E-state index in [9.17, 15) is 13.6 Å². The minimum atomic E-state index is -0.971. The molecule has 0 bridgehead atoms. The van der Waals surface area contributed by atoms with Gasteiger partial charge in [0, 0.05) is 31.7 Å². The summed E-state index contributed by atoms with van der Waals surface area (Å²) >= 11 is 0. The standard InChI is InChI=1S/C16H22F2N2O/c1-3-6-19-7-9-20(10-8-19)12(2)16(21)13-4-5-14(17)15(18)11-13/h4-5,11-12H,3,6-10H2,1-2H3. The van der Waals surface area contributed by atoms with E-state index in [1.54, 1.807) is 0 Å². The number of hydrogen-bond donors (Lipinski definition) is 0. The van der Waals surface area contributed by atoms with Crippen molar-refractivity contribution in [3.05, 3.63) is 35.4 Å². The van der Waals surface area contributed by atoms with Crippen molar-refractivity contribution in [1.29, 1.82) is 0 Å². The highest BCUT2D eigenvalue weighted by molar-refractivity contribution is 5.99. The van der Waals surface area contributed by atoms with Crippen molar-refractivity contribution in [2.75, 3.05) is 32.7 Å². The summed E-state index contributed by atoms with van der Waals surface area (Å²) in [6.07, 6.45) is 1.13. The maximum absolute atomic E-state index is 13.2. The molecule has 1 fully saturated rings. The zero-order chi connectivity index (χ0) is 15.4. The maximum atomic E-state index is 13.2. The first-order chi connectivity index (χ1) is 10.0. The largest absolute Gasteiger partial charge is 0.301 e. The summed E-state index contributed by atoms with van der Waals surface area (Å²) in [6.45, 7) is 8.62. The Hall–Kier alpha value is -1.33. The van der Waals surface area contributed by atoms with Crippen LogP contribution in [0.4, 0.5) is 8.78 Å². The number of hydrogen-bond acceptors (Lipinski definition) is 3. The summed E-state index contributed by atoms with van der Waals surface area (Å²) in [6, 6.07) is 3.04. The predicted molar refractivity (Wildman–Crippen MR) is 78.5 cm³/mol. The highest BCUT2D eigenvalue weighted by Gasteiger charge is 2.26. The van der Waals surface area contributed by atoms with Crippen molar-refractivity contribution in [3.8, 4) is 0 Å². The fourth-order valence-corrected chi connectivity index (χ4v) is 2.75. The molecule has 0 amide bonds. The van der Waals surface area contributed by atoms with Crippen molar-refractivity contribution in [1.82, 2.24) is 9.80 Å². The quantitative estimate of drug-likeness (QED) is 0.780. The number of carbonyl (C=O) groups is 1. The molecule has 1 saturated heterocycles. The van der Waals surface area contributed by atoms with Gasteiger partial charge in [-0.1, -0.05) is 6.92 Å². The van der Waals surface area contributed by atoms with Gasteiger partial charge in [-0.15, -0.1) is 0 Å². The smallest absolute Gasteiger partial charge is 0.179 e. The lowest BCUT2D eigenvalue weighted by Gasteiger charge is -2.37. The van der Waals surface area contributed by atoms with Crippen molar-refractivity contribution >= 4 is 5.78 Å². The van der Waals surface area contributed by atoms with Gasteiger partial charge in [-0.3, -0.25) is 9.69 Å². The van der Waals surface area contributed by atoms with Crippen LogP contribution in [0.5, 0.6) is 0 Å². The summed E-state index contributed by atoms with van der Waals surface area (Å²) < 4.78 is 26.2. The summed E-state index contributed by atoms with van der Waals surface area (Å²) in [5.41, 5.74) is 0.234. The number of halogens is 2. The van der Waals surface area contributed by atoms with Gasteiger partial charge >= 0.3 is 0 Å². The van der Waals surface area contributed by atoms with Crippen LogP contribution in [-0.2, 0) is 0 Å². The topological polar surface area (TPSA) is 23.6 Å². The van der Waals surface area contributed by atoms with E-state index in [-0.39, 0.29) is 17.4 Å². The minimum absolute atomic E-state index is 0.155. The second-order valence-electron chi connectivity index (χ2n) is 5.55. The third-order valence-electron chi connectivity index (χ3n) is 4.08. The summed E-state index contributed by atoms with van der Waals surface area (Å²) in [5.74, 6) is -2.05. The molecular weight excluding hydrogens is 274 g/mol. The van der Waals surface area contributed by atoms with Gasteiger partial charge in [0.25, 0.3) is 0 Å². The zero-order valence-electron chi connectivity index (χ0n) is 12.6. The number of Topliss-reactive ketones (excluding diaryl/α,β-unsaturated/α-hetero) is 1. The van der Waals surface area contributed by atoms with Gasteiger partial charge in [0.05, 0.1) is 6.04 Å². The first-order valence-electron chi connectivity index (χ1n) is 7.48. The molecule has 1 aliphatic heterocycles. The van der Waals surface area contributed by atoms with Crippen LogP contribution in [0.3, 0.4) is 0 Å². The molecule has 1 aromatic carbocycles. The van der Waals surface area contributed by atoms with Crippen LogP contribution < -0.4 is 0 Å². The van der Waals surface area contributed by atoms with Gasteiger partial charge in [-0.05, 0) is 38.1 Å². The van der Waals surface area contributed by atoms with Crippen molar-refractivity contribution in [3.63, 3.8) is 0 Å². The SMILES string of the molecule is CCCN1CCN(C(C)C(=O)c2ccc(F)c(F)c2)CC1. The van der Waals surface area contributed by atoms with Gasteiger partial charge in [-0.2, -0.15) is 0 Å². The molecule has 0 saturated carbocycles. The molecule has 0 N–H and O–H groups in total. The van der Waals surface area contributed by atoms with Gasteiger partial charge in [0.15, 0.2) is 17.4 Å². The number of ketones is 1. The third-order valence-corrected chi connectivity index (χ3v) is 4.08. The lowest BCUT2D eigenvalue weighted by Crippen LogP contribution is -2.51. The average molecular weight is 296 g/mol. The van der Waals surface area contributed by atoms with Crippen LogP contribution in [0.2, 0.25) is 0 Å². The molecule has 1 atom stereocenters. The van der Waals surface area contributed by atoms with E-state index < -0.39 is 11.6 Å². The Morgan fingerprint density at radius 3 is 2.43 bits per heavy atom. The van der Waals surface area contributed by atoms with E-state index in [4.69, 9.17) is 0 Å². The molecule has 2 rings (SSSR count). The fourth-order valence-electron chi connectivity index (χ4n) is 2.75. The van der Waals surface area contributed by atoms with Gasteiger partial charge in [-0.25, -0.2) is 8.78 Å². The molecule has 1 aliphatic rings. The molecule has 0 spiro atoms. The Kier molecular flexibility index (Phi) is 5.42. The molecule has 0 aliphatic carbocycles. The first-order valence-corrected chi connectivity index (χ1v) is 7.48. The van der Waals surface area contributed by atoms with Crippen LogP contribution in [-0.4, -0.2) is 54.3 Å². The lowest BCUT2D eigenvalue weighted by atomic mass is 10.0.